The van der Waals surface area contributed by atoms with Crippen molar-refractivity contribution in [3.63, 3.8) is 0 Å². The molecule has 0 aromatic heterocycles. The first-order valence-corrected chi connectivity index (χ1v) is 7.87. The number of carbonyl (C=O) groups excluding carboxylic acids is 1. The maximum Gasteiger partial charge on any atom is 0.253 e. The number of hydrogen-bond donors (Lipinski definition) is 1. The van der Waals surface area contributed by atoms with E-state index in [1.807, 2.05) is 41.8 Å². The van der Waals surface area contributed by atoms with Crippen molar-refractivity contribution in [1.29, 1.82) is 0 Å². The van der Waals surface area contributed by atoms with Crippen LogP contribution in [0.1, 0.15) is 28.4 Å². The summed E-state index contributed by atoms with van der Waals surface area (Å²) >= 11 is 1.92. The number of nitrogens with two attached hydrogens (primary N) is 1. The number of thioether (sulfide) groups is 1. The van der Waals surface area contributed by atoms with Gasteiger partial charge in [-0.3, -0.25) is 4.79 Å². The van der Waals surface area contributed by atoms with Crippen molar-refractivity contribution in [2.24, 2.45) is 5.73 Å². The molecule has 20 heavy (non-hydrogen) atoms. The van der Waals surface area contributed by atoms with Crippen LogP contribution in [0.4, 0.5) is 0 Å². The van der Waals surface area contributed by atoms with E-state index in [0.717, 1.165) is 35.5 Å². The molecule has 2 N–H and O–H groups in total. The average Bonchev–Trinajstić information content (AvgIpc) is 2.45. The van der Waals surface area contributed by atoms with Gasteiger partial charge in [-0.15, -0.1) is 0 Å². The Hall–Kier alpha value is -1.44. The van der Waals surface area contributed by atoms with Crippen molar-refractivity contribution in [1.82, 2.24) is 4.90 Å². The topological polar surface area (TPSA) is 46.3 Å². The van der Waals surface area contributed by atoms with E-state index in [4.69, 9.17) is 5.73 Å². The molecule has 106 valence electrons. The summed E-state index contributed by atoms with van der Waals surface area (Å²) in [4.78, 5) is 14.5. The molecule has 1 heterocycles. The second kappa shape index (κ2) is 6.83. The Morgan fingerprint density at radius 1 is 1.55 bits per heavy atom. The summed E-state index contributed by atoms with van der Waals surface area (Å²) in [6.07, 6.45) is 0. The lowest BCUT2D eigenvalue weighted by molar-refractivity contribution is 0.0763. The van der Waals surface area contributed by atoms with Gasteiger partial charge in [-0.25, -0.2) is 0 Å². The van der Waals surface area contributed by atoms with E-state index in [-0.39, 0.29) is 5.91 Å². The van der Waals surface area contributed by atoms with Crippen LogP contribution in [0.3, 0.4) is 0 Å². The maximum atomic E-state index is 12.5. The van der Waals surface area contributed by atoms with Crippen LogP contribution in [-0.2, 0) is 0 Å². The number of amides is 1. The zero-order valence-corrected chi connectivity index (χ0v) is 12.8. The molecular weight excluding hydrogens is 268 g/mol. The average molecular weight is 288 g/mol. The first kappa shape index (κ1) is 15.0. The number of benzene rings is 1. The first-order chi connectivity index (χ1) is 9.61. The number of hydrogen-bond acceptors (Lipinski definition) is 3. The van der Waals surface area contributed by atoms with E-state index in [1.54, 1.807) is 0 Å². The van der Waals surface area contributed by atoms with Gasteiger partial charge in [0, 0.05) is 35.2 Å². The van der Waals surface area contributed by atoms with Crippen molar-refractivity contribution in [2.75, 3.05) is 25.4 Å². The van der Waals surface area contributed by atoms with E-state index >= 15 is 0 Å². The molecule has 1 aliphatic rings. The Labute approximate surface area is 124 Å². The zero-order valence-electron chi connectivity index (χ0n) is 12.0. The van der Waals surface area contributed by atoms with Crippen LogP contribution in [0.5, 0.6) is 0 Å². The molecule has 1 saturated heterocycles. The molecule has 1 amide bonds. The van der Waals surface area contributed by atoms with Crippen LogP contribution in [0.15, 0.2) is 18.2 Å². The summed E-state index contributed by atoms with van der Waals surface area (Å²) in [6.45, 7) is 6.14. The van der Waals surface area contributed by atoms with Crippen LogP contribution in [0.2, 0.25) is 0 Å². The van der Waals surface area contributed by atoms with Crippen LogP contribution in [0.25, 0.3) is 0 Å². The summed E-state index contributed by atoms with van der Waals surface area (Å²) in [5.41, 5.74) is 8.09. The molecule has 0 aliphatic carbocycles. The van der Waals surface area contributed by atoms with E-state index in [9.17, 15) is 4.79 Å². The van der Waals surface area contributed by atoms with Crippen LogP contribution in [-0.4, -0.2) is 41.4 Å². The molecule has 1 atom stereocenters. The molecular formula is C16H20N2OS. The lowest BCUT2D eigenvalue weighted by Crippen LogP contribution is -2.41. The fourth-order valence-electron chi connectivity index (χ4n) is 2.22. The summed E-state index contributed by atoms with van der Waals surface area (Å²) in [5, 5.41) is 0.509. The van der Waals surface area contributed by atoms with Crippen LogP contribution in [0, 0.1) is 18.8 Å². The highest BCUT2D eigenvalue weighted by Gasteiger charge is 2.22. The molecule has 0 spiro atoms. The standard InChI is InChI=1S/C16H20N2OS/c1-12-5-6-15(10-14(12)4-3-7-17)16(19)18-8-9-20-13(2)11-18/h5-6,10,13H,7-9,11,17H2,1-2H3. The fraction of sp³-hybridized carbons (Fsp3) is 0.438. The van der Waals surface area contributed by atoms with E-state index in [2.05, 4.69) is 18.8 Å². The summed E-state index contributed by atoms with van der Waals surface area (Å²) in [6, 6.07) is 5.72. The van der Waals surface area contributed by atoms with Gasteiger partial charge in [-0.1, -0.05) is 24.8 Å². The highest BCUT2D eigenvalue weighted by molar-refractivity contribution is 7.99. The molecule has 0 radical (unpaired) electrons. The van der Waals surface area contributed by atoms with E-state index < -0.39 is 0 Å². The summed E-state index contributed by atoms with van der Waals surface area (Å²) in [7, 11) is 0. The maximum absolute atomic E-state index is 12.5. The Morgan fingerprint density at radius 2 is 2.35 bits per heavy atom. The summed E-state index contributed by atoms with van der Waals surface area (Å²) in [5.74, 6) is 6.99. The minimum absolute atomic E-state index is 0.105. The quantitative estimate of drug-likeness (QED) is 0.803. The minimum atomic E-state index is 0.105. The molecule has 1 fully saturated rings. The molecule has 4 heteroatoms. The third-order valence-corrected chi connectivity index (χ3v) is 4.47. The predicted molar refractivity (Wildman–Crippen MR) is 84.9 cm³/mol. The van der Waals surface area contributed by atoms with Crippen LogP contribution < -0.4 is 5.73 Å². The zero-order chi connectivity index (χ0) is 14.5. The van der Waals surface area contributed by atoms with E-state index in [0.29, 0.717) is 11.8 Å². The third kappa shape index (κ3) is 3.56. The highest BCUT2D eigenvalue weighted by atomic mass is 32.2. The Morgan fingerprint density at radius 3 is 3.05 bits per heavy atom. The molecule has 1 aromatic rings. The van der Waals surface area contributed by atoms with Crippen molar-refractivity contribution >= 4 is 17.7 Å². The van der Waals surface area contributed by atoms with Gasteiger partial charge in [-0.05, 0) is 24.6 Å². The highest BCUT2D eigenvalue weighted by Crippen LogP contribution is 2.20. The fourth-order valence-corrected chi connectivity index (χ4v) is 3.23. The molecule has 1 aliphatic heterocycles. The van der Waals surface area contributed by atoms with Crippen molar-refractivity contribution < 1.29 is 4.79 Å². The minimum Gasteiger partial charge on any atom is -0.337 e. The van der Waals surface area contributed by atoms with Crippen molar-refractivity contribution in [3.8, 4) is 11.8 Å². The molecule has 1 unspecified atom stereocenters. The summed E-state index contributed by atoms with van der Waals surface area (Å²) < 4.78 is 0. The van der Waals surface area contributed by atoms with Gasteiger partial charge in [0.15, 0.2) is 0 Å². The molecule has 2 rings (SSSR count). The predicted octanol–water partition coefficient (Wildman–Crippen LogP) is 1.88. The Bertz CT molecular complexity index is 559. The number of aryl methyl sites for hydroxylation is 1. The van der Waals surface area contributed by atoms with Crippen molar-refractivity contribution in [3.05, 3.63) is 34.9 Å². The Balaban J connectivity index is 2.21. The molecule has 0 bridgehead atoms. The van der Waals surface area contributed by atoms with Gasteiger partial charge in [0.1, 0.15) is 0 Å². The first-order valence-electron chi connectivity index (χ1n) is 6.82. The normalized spacial score (nSPS) is 18.4. The second-order valence-corrected chi connectivity index (χ2v) is 6.51. The van der Waals surface area contributed by atoms with Gasteiger partial charge in [0.25, 0.3) is 5.91 Å². The molecule has 0 saturated carbocycles. The second-order valence-electron chi connectivity index (χ2n) is 4.97. The number of nitrogens with zero attached hydrogens (tertiary/aromatic N) is 1. The van der Waals surface area contributed by atoms with Gasteiger partial charge >= 0.3 is 0 Å². The molecule has 1 aromatic carbocycles. The van der Waals surface area contributed by atoms with Gasteiger partial charge in [0.2, 0.25) is 0 Å². The number of rotatable bonds is 1. The lowest BCUT2D eigenvalue weighted by Gasteiger charge is -2.30. The molecule has 3 nitrogen and oxygen atoms in total. The largest absolute Gasteiger partial charge is 0.337 e. The van der Waals surface area contributed by atoms with Crippen molar-refractivity contribution in [2.45, 2.75) is 19.1 Å². The van der Waals surface area contributed by atoms with Gasteiger partial charge in [0.05, 0.1) is 6.54 Å². The van der Waals surface area contributed by atoms with Gasteiger partial charge < -0.3 is 10.6 Å². The smallest absolute Gasteiger partial charge is 0.253 e. The third-order valence-electron chi connectivity index (χ3n) is 3.34. The van der Waals surface area contributed by atoms with Gasteiger partial charge in [-0.2, -0.15) is 11.8 Å². The van der Waals surface area contributed by atoms with Crippen LogP contribution >= 0.6 is 11.8 Å². The SMILES string of the molecule is Cc1ccc(C(=O)N2CCSC(C)C2)cc1C#CCN. The monoisotopic (exact) mass is 288 g/mol. The Kier molecular flexibility index (Phi) is 5.11. The number of carbonyl (C=O) groups is 1. The van der Waals surface area contributed by atoms with E-state index in [1.165, 1.54) is 0 Å². The lowest BCUT2D eigenvalue weighted by atomic mass is 10.0.